The summed E-state index contributed by atoms with van der Waals surface area (Å²) >= 11 is 13.7. The Labute approximate surface area is 122 Å². The summed E-state index contributed by atoms with van der Waals surface area (Å²) in [4.78, 5) is 1.01. The maximum Gasteiger partial charge on any atom is 0.0585 e. The molecule has 5 heteroatoms. The highest BCUT2D eigenvalue weighted by atomic mass is 35.5. The third-order valence-corrected chi connectivity index (χ3v) is 4.65. The molecule has 0 aliphatic heterocycles. The van der Waals surface area contributed by atoms with Crippen LogP contribution in [0.1, 0.15) is 19.3 Å². The molecule has 1 aromatic carbocycles. The van der Waals surface area contributed by atoms with Crippen molar-refractivity contribution in [1.82, 2.24) is 5.32 Å². The highest BCUT2D eigenvalue weighted by Gasteiger charge is 2.23. The largest absolute Gasteiger partial charge is 0.395 e. The minimum absolute atomic E-state index is 0.195. The molecule has 0 spiro atoms. The van der Waals surface area contributed by atoms with Crippen molar-refractivity contribution in [2.24, 2.45) is 0 Å². The lowest BCUT2D eigenvalue weighted by Crippen LogP contribution is -2.34. The van der Waals surface area contributed by atoms with Gasteiger partial charge in [0.1, 0.15) is 0 Å². The summed E-state index contributed by atoms with van der Waals surface area (Å²) in [5, 5.41) is 14.2. The van der Waals surface area contributed by atoms with Gasteiger partial charge in [-0.3, -0.25) is 0 Å². The highest BCUT2D eigenvalue weighted by Crippen LogP contribution is 2.30. The molecule has 0 heterocycles. The zero-order valence-electron chi connectivity index (χ0n) is 10.0. The average molecular weight is 306 g/mol. The second-order valence-corrected chi connectivity index (χ2v) is 6.51. The molecule has 0 amide bonds. The number of benzene rings is 1. The van der Waals surface area contributed by atoms with Crippen molar-refractivity contribution in [2.75, 3.05) is 12.4 Å². The quantitative estimate of drug-likeness (QED) is 0.755. The van der Waals surface area contributed by atoms with Crippen LogP contribution >= 0.6 is 35.0 Å². The Balaban J connectivity index is 1.77. The van der Waals surface area contributed by atoms with Crippen molar-refractivity contribution in [3.05, 3.63) is 28.2 Å². The normalized spacial score (nSPS) is 16.8. The minimum Gasteiger partial charge on any atom is -0.395 e. The summed E-state index contributed by atoms with van der Waals surface area (Å²) in [6.45, 7) is 0.195. The van der Waals surface area contributed by atoms with Crippen molar-refractivity contribution >= 4 is 35.0 Å². The standard InChI is InChI=1S/C13H17Cl2NOS/c14-9-1-4-12(15)13(7-9)18-6-5-11(8-17)16-10-2-3-10/h1,4,7,10-11,16-17H,2-3,5-6,8H2. The van der Waals surface area contributed by atoms with Crippen LogP contribution in [0, 0.1) is 0 Å². The van der Waals surface area contributed by atoms with Crippen molar-refractivity contribution in [1.29, 1.82) is 0 Å². The van der Waals surface area contributed by atoms with Gasteiger partial charge in [0.25, 0.3) is 0 Å². The fourth-order valence-corrected chi connectivity index (χ4v) is 3.27. The minimum atomic E-state index is 0.195. The van der Waals surface area contributed by atoms with Gasteiger partial charge >= 0.3 is 0 Å². The lowest BCUT2D eigenvalue weighted by molar-refractivity contribution is 0.239. The Hall–Kier alpha value is 0.0700. The van der Waals surface area contributed by atoms with Crippen LogP contribution in [0.2, 0.25) is 10.0 Å². The molecule has 1 unspecified atom stereocenters. The SMILES string of the molecule is OCC(CCSc1cc(Cl)ccc1Cl)NC1CC1. The van der Waals surface area contributed by atoms with Crippen LogP contribution in [0.3, 0.4) is 0 Å². The summed E-state index contributed by atoms with van der Waals surface area (Å²) in [6.07, 6.45) is 3.41. The first-order chi connectivity index (χ1) is 8.69. The molecule has 2 nitrogen and oxygen atoms in total. The number of nitrogens with one attached hydrogen (secondary N) is 1. The molecular weight excluding hydrogens is 289 g/mol. The number of aliphatic hydroxyl groups excluding tert-OH is 1. The van der Waals surface area contributed by atoms with Crippen molar-refractivity contribution < 1.29 is 5.11 Å². The molecule has 0 saturated heterocycles. The van der Waals surface area contributed by atoms with Crippen LogP contribution in [-0.2, 0) is 0 Å². The number of hydrogen-bond acceptors (Lipinski definition) is 3. The van der Waals surface area contributed by atoms with E-state index < -0.39 is 0 Å². The van der Waals surface area contributed by atoms with E-state index in [9.17, 15) is 5.11 Å². The molecule has 18 heavy (non-hydrogen) atoms. The first-order valence-electron chi connectivity index (χ1n) is 6.14. The molecule has 0 bridgehead atoms. The first kappa shape index (κ1) is 14.5. The average Bonchev–Trinajstić information content (AvgIpc) is 3.16. The van der Waals surface area contributed by atoms with E-state index in [2.05, 4.69) is 5.32 Å². The number of hydrogen-bond donors (Lipinski definition) is 2. The number of rotatable bonds is 7. The smallest absolute Gasteiger partial charge is 0.0585 e. The Kier molecular flexibility index (Phi) is 5.64. The van der Waals surface area contributed by atoms with Crippen LogP contribution in [0.4, 0.5) is 0 Å². The summed E-state index contributed by atoms with van der Waals surface area (Å²) < 4.78 is 0. The van der Waals surface area contributed by atoms with E-state index >= 15 is 0 Å². The Morgan fingerprint density at radius 1 is 1.39 bits per heavy atom. The summed E-state index contributed by atoms with van der Waals surface area (Å²) in [5.74, 6) is 0.922. The molecule has 100 valence electrons. The third kappa shape index (κ3) is 4.63. The summed E-state index contributed by atoms with van der Waals surface area (Å²) in [7, 11) is 0. The molecule has 1 aliphatic rings. The Bertz CT molecular complexity index is 399. The maximum atomic E-state index is 9.28. The van der Waals surface area contributed by atoms with Crippen molar-refractivity contribution in [2.45, 2.75) is 36.2 Å². The van der Waals surface area contributed by atoms with Crippen LogP contribution < -0.4 is 5.32 Å². The number of thioether (sulfide) groups is 1. The van der Waals surface area contributed by atoms with E-state index in [-0.39, 0.29) is 12.6 Å². The molecule has 2 N–H and O–H groups in total. The van der Waals surface area contributed by atoms with Crippen LogP contribution in [0.25, 0.3) is 0 Å². The van der Waals surface area contributed by atoms with Crippen LogP contribution in [0.5, 0.6) is 0 Å². The molecule has 1 aromatic rings. The second kappa shape index (κ2) is 7.01. The molecule has 2 rings (SSSR count). The maximum absolute atomic E-state index is 9.28. The van der Waals surface area contributed by atoms with E-state index in [1.165, 1.54) is 12.8 Å². The van der Waals surface area contributed by atoms with Crippen LogP contribution in [0.15, 0.2) is 23.1 Å². The topological polar surface area (TPSA) is 32.3 Å². The van der Waals surface area contributed by atoms with Gasteiger partial charge in [-0.25, -0.2) is 0 Å². The Morgan fingerprint density at radius 2 is 2.17 bits per heavy atom. The fourth-order valence-electron chi connectivity index (χ4n) is 1.71. The highest BCUT2D eigenvalue weighted by molar-refractivity contribution is 7.99. The van der Waals surface area contributed by atoms with Crippen molar-refractivity contribution in [3.8, 4) is 0 Å². The number of halogens is 2. The van der Waals surface area contributed by atoms with Crippen molar-refractivity contribution in [3.63, 3.8) is 0 Å². The molecular formula is C13H17Cl2NOS. The van der Waals surface area contributed by atoms with Gasteiger partial charge in [-0.15, -0.1) is 11.8 Å². The predicted molar refractivity (Wildman–Crippen MR) is 78.8 cm³/mol. The predicted octanol–water partition coefficient (Wildman–Crippen LogP) is 3.59. The van der Waals surface area contributed by atoms with Gasteiger partial charge in [-0.2, -0.15) is 0 Å². The van der Waals surface area contributed by atoms with Gasteiger partial charge < -0.3 is 10.4 Å². The first-order valence-corrected chi connectivity index (χ1v) is 7.88. The van der Waals surface area contributed by atoms with Gasteiger partial charge in [-0.05, 0) is 43.2 Å². The van der Waals surface area contributed by atoms with Gasteiger partial charge in [0.2, 0.25) is 0 Å². The van der Waals surface area contributed by atoms with E-state index in [1.807, 2.05) is 12.1 Å². The molecule has 1 fully saturated rings. The fraction of sp³-hybridized carbons (Fsp3) is 0.538. The second-order valence-electron chi connectivity index (χ2n) is 4.53. The van der Waals surface area contributed by atoms with E-state index in [4.69, 9.17) is 23.2 Å². The zero-order valence-corrected chi connectivity index (χ0v) is 12.4. The van der Waals surface area contributed by atoms with E-state index in [0.29, 0.717) is 11.1 Å². The summed E-state index contributed by atoms with van der Waals surface area (Å²) in [6, 6.07) is 6.32. The van der Waals surface area contributed by atoms with Gasteiger partial charge in [0.15, 0.2) is 0 Å². The van der Waals surface area contributed by atoms with Gasteiger partial charge in [0, 0.05) is 22.0 Å². The monoisotopic (exact) mass is 305 g/mol. The van der Waals surface area contributed by atoms with E-state index in [1.54, 1.807) is 17.8 Å². The van der Waals surface area contributed by atoms with Gasteiger partial charge in [-0.1, -0.05) is 23.2 Å². The molecule has 0 aromatic heterocycles. The lowest BCUT2D eigenvalue weighted by Gasteiger charge is -2.15. The van der Waals surface area contributed by atoms with Crippen LogP contribution in [-0.4, -0.2) is 29.5 Å². The molecule has 1 atom stereocenters. The Morgan fingerprint density at radius 3 is 2.83 bits per heavy atom. The van der Waals surface area contributed by atoms with Gasteiger partial charge in [0.05, 0.1) is 11.6 Å². The zero-order chi connectivity index (χ0) is 13.0. The van der Waals surface area contributed by atoms with E-state index in [0.717, 1.165) is 22.1 Å². The lowest BCUT2D eigenvalue weighted by atomic mass is 10.2. The molecule has 0 radical (unpaired) electrons. The molecule has 1 aliphatic carbocycles. The third-order valence-electron chi connectivity index (χ3n) is 2.89. The summed E-state index contributed by atoms with van der Waals surface area (Å²) in [5.41, 5.74) is 0. The number of aliphatic hydroxyl groups is 1. The molecule has 1 saturated carbocycles.